The predicted octanol–water partition coefficient (Wildman–Crippen LogP) is 5.45. The molecule has 4 aromatic rings. The second kappa shape index (κ2) is 9.04. The van der Waals surface area contributed by atoms with E-state index in [4.69, 9.17) is 9.15 Å². The molecule has 0 saturated carbocycles. The molecule has 1 saturated heterocycles. The van der Waals surface area contributed by atoms with E-state index >= 15 is 0 Å². The van der Waals surface area contributed by atoms with Crippen LogP contribution in [0.15, 0.2) is 88.1 Å². The Balaban J connectivity index is 1.65. The Kier molecular flexibility index (Phi) is 5.80. The number of carbonyl (C=O) groups excluding carboxylic acids is 1. The average Bonchev–Trinajstić information content (AvgIpc) is 3.38. The molecule has 0 N–H and O–H groups in total. The van der Waals surface area contributed by atoms with Gasteiger partial charge in [0.25, 0.3) is 5.91 Å². The Morgan fingerprint density at radius 3 is 2.39 bits per heavy atom. The lowest BCUT2D eigenvalue weighted by atomic mass is 10.0. The summed E-state index contributed by atoms with van der Waals surface area (Å²) in [6.45, 7) is 3.66. The van der Waals surface area contributed by atoms with E-state index in [0.717, 1.165) is 17.7 Å². The van der Waals surface area contributed by atoms with Crippen LogP contribution in [0, 0.1) is 12.8 Å². The zero-order valence-corrected chi connectivity index (χ0v) is 18.5. The van der Waals surface area contributed by atoms with Gasteiger partial charge in [-0.1, -0.05) is 54.6 Å². The fourth-order valence-corrected chi connectivity index (χ4v) is 4.39. The summed E-state index contributed by atoms with van der Waals surface area (Å²) in [5.74, 6) is 0.562. The van der Waals surface area contributed by atoms with Crippen LogP contribution in [0.4, 0.5) is 5.69 Å². The third-order valence-electron chi connectivity index (χ3n) is 6.19. The standard InChI is InChI=1S/C28H25NO4/c1-19-25(30)23-13-8-14-24(27(23)33-26(19)21-9-4-2-5-10-21)28(31)29(17-20-15-16-32-18-20)22-11-6-3-7-12-22/h2-14,20H,15-18H2,1H3/t20-/m1/s1. The molecule has 0 unspecified atom stereocenters. The number of carbonyl (C=O) groups is 1. The van der Waals surface area contributed by atoms with E-state index in [9.17, 15) is 9.59 Å². The molecule has 33 heavy (non-hydrogen) atoms. The monoisotopic (exact) mass is 439 g/mol. The van der Waals surface area contributed by atoms with E-state index in [1.54, 1.807) is 30.0 Å². The average molecular weight is 440 g/mol. The summed E-state index contributed by atoms with van der Waals surface area (Å²) in [5.41, 5.74) is 2.72. The Morgan fingerprint density at radius 2 is 1.70 bits per heavy atom. The van der Waals surface area contributed by atoms with Crippen molar-refractivity contribution in [1.29, 1.82) is 0 Å². The lowest BCUT2D eigenvalue weighted by Gasteiger charge is -2.26. The van der Waals surface area contributed by atoms with Gasteiger partial charge in [-0.25, -0.2) is 0 Å². The van der Waals surface area contributed by atoms with Crippen molar-refractivity contribution in [2.75, 3.05) is 24.7 Å². The summed E-state index contributed by atoms with van der Waals surface area (Å²) in [4.78, 5) is 28.9. The molecule has 2 heterocycles. The first-order chi connectivity index (χ1) is 16.1. The Morgan fingerprint density at radius 1 is 0.970 bits per heavy atom. The van der Waals surface area contributed by atoms with Crippen LogP contribution in [0.3, 0.4) is 0 Å². The Labute approximate surface area is 192 Å². The quantitative estimate of drug-likeness (QED) is 0.415. The van der Waals surface area contributed by atoms with Crippen LogP contribution in [0.5, 0.6) is 0 Å². The fourth-order valence-electron chi connectivity index (χ4n) is 4.39. The topological polar surface area (TPSA) is 59.8 Å². The number of fused-ring (bicyclic) bond motifs is 1. The van der Waals surface area contributed by atoms with Gasteiger partial charge < -0.3 is 14.1 Å². The number of ether oxygens (including phenoxy) is 1. The number of para-hydroxylation sites is 2. The highest BCUT2D eigenvalue weighted by Crippen LogP contribution is 2.29. The van der Waals surface area contributed by atoms with Gasteiger partial charge in [0.15, 0.2) is 11.0 Å². The van der Waals surface area contributed by atoms with E-state index in [-0.39, 0.29) is 17.3 Å². The number of amides is 1. The van der Waals surface area contributed by atoms with Crippen LogP contribution in [0.2, 0.25) is 0 Å². The second-order valence-corrected chi connectivity index (χ2v) is 8.41. The van der Waals surface area contributed by atoms with Crippen LogP contribution in [-0.2, 0) is 4.74 Å². The molecule has 1 aliphatic rings. The normalized spacial score (nSPS) is 15.6. The van der Waals surface area contributed by atoms with Crippen molar-refractivity contribution in [3.63, 3.8) is 0 Å². The molecule has 1 amide bonds. The third kappa shape index (κ3) is 4.08. The largest absolute Gasteiger partial charge is 0.455 e. The predicted molar refractivity (Wildman–Crippen MR) is 130 cm³/mol. The molecule has 5 heteroatoms. The summed E-state index contributed by atoms with van der Waals surface area (Å²) in [7, 11) is 0. The van der Waals surface area contributed by atoms with E-state index in [1.807, 2.05) is 60.7 Å². The minimum absolute atomic E-state index is 0.125. The zero-order valence-electron chi connectivity index (χ0n) is 18.5. The van der Waals surface area contributed by atoms with Crippen molar-refractivity contribution in [3.05, 3.63) is 100 Å². The van der Waals surface area contributed by atoms with E-state index in [0.29, 0.717) is 47.6 Å². The summed E-state index contributed by atoms with van der Waals surface area (Å²) in [6.07, 6.45) is 0.915. The molecule has 166 valence electrons. The van der Waals surface area contributed by atoms with E-state index in [1.165, 1.54) is 0 Å². The smallest absolute Gasteiger partial charge is 0.262 e. The first kappa shape index (κ1) is 21.2. The molecule has 1 aliphatic heterocycles. The molecule has 3 aromatic carbocycles. The first-order valence-electron chi connectivity index (χ1n) is 11.2. The van der Waals surface area contributed by atoms with Gasteiger partial charge in [0, 0.05) is 35.9 Å². The van der Waals surface area contributed by atoms with E-state index < -0.39 is 0 Å². The maximum absolute atomic E-state index is 13.9. The van der Waals surface area contributed by atoms with Crippen molar-refractivity contribution in [1.82, 2.24) is 0 Å². The molecular formula is C28H25NO4. The number of hydrogen-bond donors (Lipinski definition) is 0. The highest BCUT2D eigenvalue weighted by molar-refractivity contribution is 6.12. The number of nitrogens with zero attached hydrogens (tertiary/aromatic N) is 1. The molecule has 1 fully saturated rings. The minimum Gasteiger partial charge on any atom is -0.455 e. The van der Waals surface area contributed by atoms with Gasteiger partial charge in [-0.2, -0.15) is 0 Å². The van der Waals surface area contributed by atoms with Crippen molar-refractivity contribution < 1.29 is 13.9 Å². The SMILES string of the molecule is Cc1c(-c2ccccc2)oc2c(C(=O)N(C[C@H]3CCOC3)c3ccccc3)cccc2c1=O. The first-order valence-corrected chi connectivity index (χ1v) is 11.2. The van der Waals surface area contributed by atoms with Gasteiger partial charge in [0.1, 0.15) is 5.76 Å². The van der Waals surface area contributed by atoms with Crippen molar-refractivity contribution in [2.45, 2.75) is 13.3 Å². The Hall–Kier alpha value is -3.70. The fraction of sp³-hybridized carbons (Fsp3) is 0.214. The highest BCUT2D eigenvalue weighted by atomic mass is 16.5. The number of anilines is 1. The summed E-state index contributed by atoms with van der Waals surface area (Å²) in [5, 5.41) is 0.412. The summed E-state index contributed by atoms with van der Waals surface area (Å²) < 4.78 is 11.8. The molecule has 0 spiro atoms. The maximum atomic E-state index is 13.9. The van der Waals surface area contributed by atoms with Gasteiger partial charge in [-0.3, -0.25) is 9.59 Å². The lowest BCUT2D eigenvalue weighted by molar-refractivity contribution is 0.0982. The van der Waals surface area contributed by atoms with Gasteiger partial charge in [0.05, 0.1) is 17.6 Å². The summed E-state index contributed by atoms with van der Waals surface area (Å²) in [6, 6.07) is 24.3. The lowest BCUT2D eigenvalue weighted by Crippen LogP contribution is -2.36. The molecule has 0 radical (unpaired) electrons. The second-order valence-electron chi connectivity index (χ2n) is 8.41. The van der Waals surface area contributed by atoms with Gasteiger partial charge >= 0.3 is 0 Å². The zero-order chi connectivity index (χ0) is 22.8. The van der Waals surface area contributed by atoms with E-state index in [2.05, 4.69) is 0 Å². The molecule has 1 atom stereocenters. The number of hydrogen-bond acceptors (Lipinski definition) is 4. The van der Waals surface area contributed by atoms with Gasteiger partial charge in [0.2, 0.25) is 0 Å². The van der Waals surface area contributed by atoms with Gasteiger partial charge in [-0.05, 0) is 37.6 Å². The number of benzene rings is 3. The van der Waals surface area contributed by atoms with Crippen LogP contribution < -0.4 is 10.3 Å². The van der Waals surface area contributed by atoms with Crippen LogP contribution in [-0.4, -0.2) is 25.7 Å². The Bertz CT molecular complexity index is 1340. The third-order valence-corrected chi connectivity index (χ3v) is 6.19. The van der Waals surface area contributed by atoms with Crippen molar-refractivity contribution in [3.8, 4) is 11.3 Å². The van der Waals surface area contributed by atoms with Crippen molar-refractivity contribution >= 4 is 22.6 Å². The van der Waals surface area contributed by atoms with Gasteiger partial charge in [-0.15, -0.1) is 0 Å². The summed E-state index contributed by atoms with van der Waals surface area (Å²) >= 11 is 0. The maximum Gasteiger partial charge on any atom is 0.262 e. The molecule has 5 rings (SSSR count). The molecule has 0 aliphatic carbocycles. The minimum atomic E-state index is -0.190. The van der Waals surface area contributed by atoms with Crippen LogP contribution in [0.1, 0.15) is 22.3 Å². The molecule has 5 nitrogen and oxygen atoms in total. The molecule has 0 bridgehead atoms. The molecular weight excluding hydrogens is 414 g/mol. The number of rotatable bonds is 5. The van der Waals surface area contributed by atoms with Crippen molar-refractivity contribution in [2.24, 2.45) is 5.92 Å². The highest BCUT2D eigenvalue weighted by Gasteiger charge is 2.27. The molecule has 1 aromatic heterocycles. The van der Waals surface area contributed by atoms with Crippen LogP contribution in [0.25, 0.3) is 22.3 Å². The van der Waals surface area contributed by atoms with Crippen LogP contribution >= 0.6 is 0 Å².